The first-order chi connectivity index (χ1) is 7.39. The van der Waals surface area contributed by atoms with Crippen LogP contribution in [0.3, 0.4) is 0 Å². The maximum atomic E-state index is 12.1. The lowest BCUT2D eigenvalue weighted by Crippen LogP contribution is -2.32. The van der Waals surface area contributed by atoms with Crippen molar-refractivity contribution in [2.24, 2.45) is 0 Å². The number of rotatable bonds is 6. The summed E-state index contributed by atoms with van der Waals surface area (Å²) in [6, 6.07) is 0. The number of nitrogens with zero attached hydrogens (tertiary/aromatic N) is 1. The normalized spacial score (nSPS) is 10.4. The van der Waals surface area contributed by atoms with Crippen molar-refractivity contribution in [3.8, 4) is 0 Å². The van der Waals surface area contributed by atoms with Crippen LogP contribution in [0.4, 0.5) is 13.5 Å². The molecule has 0 heterocycles. The Morgan fingerprint density at radius 1 is 1.19 bits per heavy atom. The fraction of sp³-hybridized carbons (Fsp3) is 0.833. The minimum absolute atomic E-state index is 0.518. The van der Waals surface area contributed by atoms with Gasteiger partial charge in [-0.15, -0.1) is 0 Å². The molecule has 0 radical (unpaired) electrons. The lowest BCUT2D eigenvalue weighted by molar-refractivity contribution is -1.42. The molecular formula is C6H13F3NO6+. The summed E-state index contributed by atoms with van der Waals surface area (Å²) in [4.78, 5) is 19.2. The molecule has 0 aliphatic carbocycles. The van der Waals surface area contributed by atoms with Gasteiger partial charge in [0.05, 0.1) is 13.2 Å². The van der Waals surface area contributed by atoms with Gasteiger partial charge in [0.1, 0.15) is 22.2 Å². The van der Waals surface area contributed by atoms with Gasteiger partial charge in [-0.05, 0) is 0 Å². The van der Waals surface area contributed by atoms with Crippen LogP contribution in [-0.2, 0) is 19.4 Å². The van der Waals surface area contributed by atoms with Crippen LogP contribution in [0.5, 0.6) is 0 Å². The molecule has 0 aliphatic heterocycles. The minimum atomic E-state index is -3.11. The predicted octanol–water partition coefficient (Wildman–Crippen LogP) is -0.146. The molecule has 2 N–H and O–H groups in total. The van der Waals surface area contributed by atoms with Crippen molar-refractivity contribution in [3.05, 3.63) is 0 Å². The summed E-state index contributed by atoms with van der Waals surface area (Å²) in [5.41, 5.74) is 0. The number of carbonyl (C=O) groups is 1. The van der Waals surface area contributed by atoms with Gasteiger partial charge in [0.25, 0.3) is 0 Å². The molecule has 0 spiro atoms. The van der Waals surface area contributed by atoms with Gasteiger partial charge in [0.2, 0.25) is 0 Å². The Balaban J connectivity index is 0. The van der Waals surface area contributed by atoms with E-state index in [1.807, 2.05) is 0 Å². The van der Waals surface area contributed by atoms with Crippen molar-refractivity contribution >= 4 is 5.97 Å². The van der Waals surface area contributed by atoms with E-state index in [2.05, 4.69) is 14.6 Å². The molecular weight excluding hydrogens is 239 g/mol. The number of quaternary nitrogens is 1. The highest BCUT2D eigenvalue weighted by molar-refractivity contribution is 5.64. The molecule has 0 rings (SSSR count). The van der Waals surface area contributed by atoms with Crippen molar-refractivity contribution in [2.75, 3.05) is 26.4 Å². The van der Waals surface area contributed by atoms with E-state index in [1.165, 1.54) is 0 Å². The van der Waals surface area contributed by atoms with Gasteiger partial charge in [-0.2, -0.15) is 0 Å². The van der Waals surface area contributed by atoms with Crippen LogP contribution in [0.15, 0.2) is 0 Å². The third-order valence-corrected chi connectivity index (χ3v) is 0.774. The van der Waals surface area contributed by atoms with E-state index in [0.717, 1.165) is 6.92 Å². The largest absolute Gasteiger partial charge is 0.394 e. The second kappa shape index (κ2) is 10.6. The maximum Gasteiger partial charge on any atom is 0.347 e. The first-order valence-electron chi connectivity index (χ1n) is 3.98. The molecule has 0 unspecified atom stereocenters. The van der Waals surface area contributed by atoms with E-state index in [-0.39, 0.29) is 0 Å². The zero-order valence-electron chi connectivity index (χ0n) is 8.44. The van der Waals surface area contributed by atoms with Gasteiger partial charge in [-0.1, -0.05) is 9.68 Å². The van der Waals surface area contributed by atoms with E-state index < -0.39 is 37.7 Å². The van der Waals surface area contributed by atoms with Crippen LogP contribution in [0.1, 0.15) is 6.92 Å². The number of hydrogen-bond acceptors (Lipinski definition) is 6. The van der Waals surface area contributed by atoms with E-state index in [1.54, 1.807) is 0 Å². The molecule has 98 valence electrons. The number of aliphatic hydroxyl groups is 2. The molecule has 0 fully saturated rings. The molecule has 0 aliphatic rings. The third-order valence-electron chi connectivity index (χ3n) is 0.774. The lowest BCUT2D eigenvalue weighted by Gasteiger charge is -2.06. The quantitative estimate of drug-likeness (QED) is 0.505. The number of aliphatic hydroxyl groups excluding tert-OH is 2. The van der Waals surface area contributed by atoms with Crippen molar-refractivity contribution < 1.29 is 48.4 Å². The Bertz CT molecular complexity index is 172. The fourth-order valence-corrected chi connectivity index (χ4v) is 0.331. The topological polar surface area (TPSA) is 85.2 Å². The van der Waals surface area contributed by atoms with Crippen molar-refractivity contribution in [1.82, 2.24) is 0 Å². The second-order valence-electron chi connectivity index (χ2n) is 2.10. The van der Waals surface area contributed by atoms with Crippen LogP contribution in [0.2, 0.25) is 0 Å². The summed E-state index contributed by atoms with van der Waals surface area (Å²) in [6.45, 7) is -1.11. The van der Waals surface area contributed by atoms with E-state index in [0.29, 0.717) is 0 Å². The van der Waals surface area contributed by atoms with Gasteiger partial charge in [0.15, 0.2) is 0 Å². The standard InChI is InChI=1S/C4H10F2NO4.C2H3FO2/c5-7(6,10-3-1-8)11-4-2-9;1-2(4)5-3/h8-9H,1-4H2;1H3/q+1;. The highest BCUT2D eigenvalue weighted by atomic mass is 19.4. The average Bonchev–Trinajstić information content (AvgIpc) is 2.24. The summed E-state index contributed by atoms with van der Waals surface area (Å²) in [5.74, 6) is -0.912. The van der Waals surface area contributed by atoms with Crippen molar-refractivity contribution in [3.63, 3.8) is 0 Å². The number of carbonyl (C=O) groups excluding carboxylic acids is 1. The Hall–Kier alpha value is -0.940. The number of hydrogen-bond donors (Lipinski definition) is 2. The van der Waals surface area contributed by atoms with Crippen molar-refractivity contribution in [1.29, 1.82) is 0 Å². The van der Waals surface area contributed by atoms with Crippen LogP contribution in [0.25, 0.3) is 0 Å². The minimum Gasteiger partial charge on any atom is -0.394 e. The maximum absolute atomic E-state index is 12.1. The third kappa shape index (κ3) is 15.5. The molecule has 0 bridgehead atoms. The molecule has 0 saturated heterocycles. The second-order valence-corrected chi connectivity index (χ2v) is 2.10. The summed E-state index contributed by atoms with van der Waals surface area (Å²) in [6.07, 6.45) is 0. The molecule has 0 aromatic heterocycles. The van der Waals surface area contributed by atoms with E-state index >= 15 is 0 Å². The zero-order chi connectivity index (χ0) is 13.0. The van der Waals surface area contributed by atoms with Crippen molar-refractivity contribution in [2.45, 2.75) is 6.92 Å². The monoisotopic (exact) mass is 252 g/mol. The zero-order valence-corrected chi connectivity index (χ0v) is 8.44. The SMILES string of the molecule is CC(=O)OF.OCCO[N+](F)(F)OCCO. The molecule has 10 heteroatoms. The van der Waals surface area contributed by atoms with Gasteiger partial charge in [-0.25, -0.2) is 4.79 Å². The van der Waals surface area contributed by atoms with Crippen LogP contribution in [-0.4, -0.2) is 47.9 Å². The Morgan fingerprint density at radius 2 is 1.50 bits per heavy atom. The van der Waals surface area contributed by atoms with Gasteiger partial charge in [0, 0.05) is 11.4 Å². The summed E-state index contributed by atoms with van der Waals surface area (Å²) in [5, 5.41) is 13.1. The lowest BCUT2D eigenvalue weighted by atomic mass is 10.8. The Kier molecular flexibility index (Phi) is 11.5. The number of halogens is 3. The Morgan fingerprint density at radius 3 is 1.69 bits per heavy atom. The summed E-state index contributed by atoms with van der Waals surface area (Å²) < 4.78 is 34.4. The molecule has 0 aromatic carbocycles. The molecule has 0 aromatic rings. The van der Waals surface area contributed by atoms with Crippen LogP contribution < -0.4 is 0 Å². The van der Waals surface area contributed by atoms with Gasteiger partial charge < -0.3 is 10.2 Å². The predicted molar refractivity (Wildman–Crippen MR) is 41.4 cm³/mol. The average molecular weight is 252 g/mol. The summed E-state index contributed by atoms with van der Waals surface area (Å²) in [7, 11) is 0. The molecule has 0 amide bonds. The first kappa shape index (κ1) is 17.5. The molecule has 7 nitrogen and oxygen atoms in total. The van der Waals surface area contributed by atoms with E-state index in [9.17, 15) is 18.3 Å². The highest BCUT2D eigenvalue weighted by Crippen LogP contribution is 2.10. The fourth-order valence-electron chi connectivity index (χ4n) is 0.331. The van der Waals surface area contributed by atoms with Gasteiger partial charge >= 0.3 is 11.2 Å². The highest BCUT2D eigenvalue weighted by Gasteiger charge is 2.35. The van der Waals surface area contributed by atoms with Gasteiger partial charge in [-0.3, -0.25) is 4.94 Å². The Labute approximate surface area is 88.8 Å². The molecule has 16 heavy (non-hydrogen) atoms. The summed E-state index contributed by atoms with van der Waals surface area (Å²) >= 11 is 0. The molecule has 0 saturated carbocycles. The van der Waals surface area contributed by atoms with E-state index in [4.69, 9.17) is 10.2 Å². The van der Waals surface area contributed by atoms with Crippen LogP contribution >= 0.6 is 0 Å². The van der Waals surface area contributed by atoms with Crippen LogP contribution in [0, 0.1) is 0 Å². The smallest absolute Gasteiger partial charge is 0.347 e. The first-order valence-corrected chi connectivity index (χ1v) is 3.98. The molecule has 0 atom stereocenters.